The van der Waals surface area contributed by atoms with E-state index in [2.05, 4.69) is 5.32 Å². The fraction of sp³-hybridized carbons (Fsp3) is 0.316. The lowest BCUT2D eigenvalue weighted by molar-refractivity contribution is 0.0951. The number of halogens is 1. The van der Waals surface area contributed by atoms with Crippen molar-refractivity contribution in [2.45, 2.75) is 20.4 Å². The van der Waals surface area contributed by atoms with Crippen molar-refractivity contribution in [3.63, 3.8) is 0 Å². The average molecular weight is 378 g/mol. The molecule has 0 bridgehead atoms. The summed E-state index contributed by atoms with van der Waals surface area (Å²) < 4.78 is 38.2. The molecule has 5 nitrogen and oxygen atoms in total. The van der Waals surface area contributed by atoms with E-state index in [1.165, 1.54) is 16.4 Å². The van der Waals surface area contributed by atoms with Crippen molar-refractivity contribution in [2.75, 3.05) is 19.3 Å². The topological polar surface area (TPSA) is 66.5 Å². The Kier molecular flexibility index (Phi) is 6.50. The SMILES string of the molecule is Cc1ccc(C(=O)NCCN(Cc2ccc(F)cc2)S(C)(=O)=O)cc1C. The van der Waals surface area contributed by atoms with E-state index < -0.39 is 10.0 Å². The van der Waals surface area contributed by atoms with Gasteiger partial charge in [-0.3, -0.25) is 4.79 Å². The van der Waals surface area contributed by atoms with Gasteiger partial charge in [-0.2, -0.15) is 4.31 Å². The van der Waals surface area contributed by atoms with Crippen LogP contribution in [-0.2, 0) is 16.6 Å². The molecule has 0 aliphatic carbocycles. The van der Waals surface area contributed by atoms with Gasteiger partial charge in [0.1, 0.15) is 5.82 Å². The summed E-state index contributed by atoms with van der Waals surface area (Å²) in [4.78, 5) is 12.2. The lowest BCUT2D eigenvalue weighted by atomic mass is 10.1. The third-order valence-corrected chi connectivity index (χ3v) is 5.41. The van der Waals surface area contributed by atoms with Gasteiger partial charge >= 0.3 is 0 Å². The molecular weight excluding hydrogens is 355 g/mol. The molecule has 0 spiro atoms. The highest BCUT2D eigenvalue weighted by Gasteiger charge is 2.17. The first-order valence-electron chi connectivity index (χ1n) is 8.22. The van der Waals surface area contributed by atoms with Crippen LogP contribution in [0.4, 0.5) is 4.39 Å². The molecule has 0 aromatic heterocycles. The molecule has 0 saturated heterocycles. The van der Waals surface area contributed by atoms with Crippen molar-refractivity contribution in [1.82, 2.24) is 9.62 Å². The maximum absolute atomic E-state index is 13.0. The van der Waals surface area contributed by atoms with Gasteiger partial charge in [0.25, 0.3) is 5.91 Å². The van der Waals surface area contributed by atoms with Gasteiger partial charge in [-0.05, 0) is 54.8 Å². The van der Waals surface area contributed by atoms with Crippen LogP contribution in [0.2, 0.25) is 0 Å². The molecule has 0 atom stereocenters. The van der Waals surface area contributed by atoms with Crippen LogP contribution in [0, 0.1) is 19.7 Å². The van der Waals surface area contributed by atoms with Gasteiger partial charge in [0, 0.05) is 25.2 Å². The van der Waals surface area contributed by atoms with E-state index in [1.54, 1.807) is 24.3 Å². The summed E-state index contributed by atoms with van der Waals surface area (Å²) in [5.74, 6) is -0.622. The van der Waals surface area contributed by atoms with Crippen LogP contribution in [0.3, 0.4) is 0 Å². The average Bonchev–Trinajstić information content (AvgIpc) is 2.57. The number of hydrogen-bond acceptors (Lipinski definition) is 3. The molecule has 0 saturated carbocycles. The van der Waals surface area contributed by atoms with Crippen LogP contribution in [0.25, 0.3) is 0 Å². The van der Waals surface area contributed by atoms with Crippen molar-refractivity contribution >= 4 is 15.9 Å². The molecule has 1 N–H and O–H groups in total. The Morgan fingerprint density at radius 2 is 1.73 bits per heavy atom. The first-order chi connectivity index (χ1) is 12.2. The minimum atomic E-state index is -3.46. The quantitative estimate of drug-likeness (QED) is 0.805. The highest BCUT2D eigenvalue weighted by Crippen LogP contribution is 2.11. The summed E-state index contributed by atoms with van der Waals surface area (Å²) in [5.41, 5.74) is 3.34. The Balaban J connectivity index is 1.97. The summed E-state index contributed by atoms with van der Waals surface area (Å²) in [6.07, 6.45) is 1.11. The Hall–Kier alpha value is -2.25. The van der Waals surface area contributed by atoms with Gasteiger partial charge in [0.15, 0.2) is 0 Å². The van der Waals surface area contributed by atoms with Crippen molar-refractivity contribution in [3.8, 4) is 0 Å². The number of amides is 1. The summed E-state index contributed by atoms with van der Waals surface area (Å²) >= 11 is 0. The molecule has 2 aromatic rings. The second kappa shape index (κ2) is 8.42. The van der Waals surface area contributed by atoms with Crippen LogP contribution in [0.1, 0.15) is 27.0 Å². The molecular formula is C19H23FN2O3S. The molecule has 2 rings (SSSR count). The summed E-state index contributed by atoms with van der Waals surface area (Å²) in [6.45, 7) is 4.34. The van der Waals surface area contributed by atoms with Crippen LogP contribution < -0.4 is 5.32 Å². The monoisotopic (exact) mass is 378 g/mol. The van der Waals surface area contributed by atoms with Crippen molar-refractivity contribution in [2.24, 2.45) is 0 Å². The maximum atomic E-state index is 13.0. The molecule has 2 aromatic carbocycles. The molecule has 0 heterocycles. The number of hydrogen-bond donors (Lipinski definition) is 1. The van der Waals surface area contributed by atoms with E-state index in [0.717, 1.165) is 17.4 Å². The second-order valence-electron chi connectivity index (χ2n) is 6.28. The lowest BCUT2D eigenvalue weighted by Gasteiger charge is -2.20. The lowest BCUT2D eigenvalue weighted by Crippen LogP contribution is -2.37. The second-order valence-corrected chi connectivity index (χ2v) is 8.26. The number of rotatable bonds is 7. The Morgan fingerprint density at radius 1 is 1.08 bits per heavy atom. The van der Waals surface area contributed by atoms with Crippen molar-refractivity contribution in [3.05, 3.63) is 70.5 Å². The van der Waals surface area contributed by atoms with Crippen LogP contribution in [-0.4, -0.2) is 38.0 Å². The molecule has 0 unspecified atom stereocenters. The predicted octanol–water partition coefficient (Wildman–Crippen LogP) is 2.63. The van der Waals surface area contributed by atoms with Crippen LogP contribution in [0.5, 0.6) is 0 Å². The van der Waals surface area contributed by atoms with Gasteiger partial charge < -0.3 is 5.32 Å². The maximum Gasteiger partial charge on any atom is 0.251 e. The third kappa shape index (κ3) is 5.64. The zero-order valence-electron chi connectivity index (χ0n) is 15.1. The van der Waals surface area contributed by atoms with Gasteiger partial charge in [-0.1, -0.05) is 18.2 Å². The Bertz CT molecular complexity index is 880. The minimum absolute atomic E-state index is 0.124. The first kappa shape index (κ1) is 20.1. The molecule has 0 radical (unpaired) electrons. The number of aryl methyl sites for hydroxylation is 2. The van der Waals surface area contributed by atoms with Crippen LogP contribution in [0.15, 0.2) is 42.5 Å². The van der Waals surface area contributed by atoms with Gasteiger partial charge in [0.2, 0.25) is 10.0 Å². The highest BCUT2D eigenvalue weighted by molar-refractivity contribution is 7.88. The van der Waals surface area contributed by atoms with Gasteiger partial charge in [-0.15, -0.1) is 0 Å². The van der Waals surface area contributed by atoms with Gasteiger partial charge in [0.05, 0.1) is 6.26 Å². The van der Waals surface area contributed by atoms with E-state index in [-0.39, 0.29) is 31.4 Å². The number of carbonyl (C=O) groups excluding carboxylic acids is 1. The normalized spacial score (nSPS) is 11.6. The summed E-state index contributed by atoms with van der Waals surface area (Å²) in [6, 6.07) is 11.1. The Morgan fingerprint density at radius 3 is 2.31 bits per heavy atom. The highest BCUT2D eigenvalue weighted by atomic mass is 32.2. The van der Waals surface area contributed by atoms with E-state index in [0.29, 0.717) is 11.1 Å². The largest absolute Gasteiger partial charge is 0.351 e. The Labute approximate surface area is 153 Å². The number of benzene rings is 2. The zero-order chi connectivity index (χ0) is 19.3. The predicted molar refractivity (Wildman–Crippen MR) is 99.9 cm³/mol. The standard InChI is InChI=1S/C19H23FN2O3S/c1-14-4-7-17(12-15(14)2)19(23)21-10-11-22(26(3,24)25)13-16-5-8-18(20)9-6-16/h4-9,12H,10-11,13H2,1-3H3,(H,21,23). The van der Waals surface area contributed by atoms with Crippen LogP contribution >= 0.6 is 0 Å². The van der Waals surface area contributed by atoms with Gasteiger partial charge in [-0.25, -0.2) is 12.8 Å². The molecule has 0 aliphatic rings. The van der Waals surface area contributed by atoms with E-state index in [9.17, 15) is 17.6 Å². The molecule has 0 fully saturated rings. The minimum Gasteiger partial charge on any atom is -0.351 e. The molecule has 0 aliphatic heterocycles. The van der Waals surface area contributed by atoms with E-state index >= 15 is 0 Å². The molecule has 1 amide bonds. The van der Waals surface area contributed by atoms with Crippen molar-refractivity contribution in [1.29, 1.82) is 0 Å². The first-order valence-corrected chi connectivity index (χ1v) is 10.1. The molecule has 140 valence electrons. The fourth-order valence-corrected chi connectivity index (χ4v) is 3.24. The number of nitrogens with zero attached hydrogens (tertiary/aromatic N) is 1. The zero-order valence-corrected chi connectivity index (χ0v) is 15.9. The molecule has 7 heteroatoms. The van der Waals surface area contributed by atoms with E-state index in [1.807, 2.05) is 19.9 Å². The molecule has 26 heavy (non-hydrogen) atoms. The smallest absolute Gasteiger partial charge is 0.251 e. The number of nitrogens with one attached hydrogen (secondary N) is 1. The number of sulfonamides is 1. The summed E-state index contributed by atoms with van der Waals surface area (Å²) in [7, 11) is -3.46. The van der Waals surface area contributed by atoms with E-state index in [4.69, 9.17) is 0 Å². The third-order valence-electron chi connectivity index (χ3n) is 4.16. The summed E-state index contributed by atoms with van der Waals surface area (Å²) in [5, 5.41) is 2.74. The fourth-order valence-electron chi connectivity index (χ4n) is 2.43. The van der Waals surface area contributed by atoms with Crippen molar-refractivity contribution < 1.29 is 17.6 Å². The number of carbonyl (C=O) groups is 1.